The van der Waals surface area contributed by atoms with Crippen LogP contribution in [0.2, 0.25) is 0 Å². The van der Waals surface area contributed by atoms with E-state index in [1.165, 1.54) is 30.9 Å². The summed E-state index contributed by atoms with van der Waals surface area (Å²) in [5.74, 6) is 1.58. The zero-order chi connectivity index (χ0) is 11.3. The maximum absolute atomic E-state index is 2.47. The molecule has 0 unspecified atom stereocenters. The average Bonchev–Trinajstić information content (AvgIpc) is 2.59. The molecule has 0 spiro atoms. The maximum Gasteiger partial charge on any atom is 0.0399 e. The molecular formula is C14H20N2. The van der Waals surface area contributed by atoms with Gasteiger partial charge in [-0.3, -0.25) is 0 Å². The van der Waals surface area contributed by atoms with E-state index in [1.54, 1.807) is 5.56 Å². The van der Waals surface area contributed by atoms with Crippen molar-refractivity contribution in [1.82, 2.24) is 4.90 Å². The third kappa shape index (κ3) is 1.44. The van der Waals surface area contributed by atoms with Crippen molar-refractivity contribution in [2.45, 2.75) is 12.8 Å². The Morgan fingerprint density at radius 2 is 1.94 bits per heavy atom. The fourth-order valence-electron chi connectivity index (χ4n) is 3.39. The Morgan fingerprint density at radius 1 is 1.12 bits per heavy atom. The summed E-state index contributed by atoms with van der Waals surface area (Å²) in [6, 6.07) is 6.91. The molecule has 2 heterocycles. The van der Waals surface area contributed by atoms with E-state index in [9.17, 15) is 0 Å². The van der Waals surface area contributed by atoms with Crippen LogP contribution >= 0.6 is 0 Å². The summed E-state index contributed by atoms with van der Waals surface area (Å²) in [6.07, 6.45) is 0. The Bertz CT molecular complexity index is 413. The molecule has 0 aliphatic carbocycles. The van der Waals surface area contributed by atoms with Crippen molar-refractivity contribution in [3.63, 3.8) is 0 Å². The van der Waals surface area contributed by atoms with Crippen molar-refractivity contribution in [2.75, 3.05) is 38.6 Å². The van der Waals surface area contributed by atoms with Crippen LogP contribution in [-0.2, 0) is 0 Å². The molecule has 1 aromatic carbocycles. The van der Waals surface area contributed by atoms with E-state index in [-0.39, 0.29) is 0 Å². The molecule has 0 radical (unpaired) electrons. The van der Waals surface area contributed by atoms with Gasteiger partial charge in [0.1, 0.15) is 0 Å². The number of likely N-dealkylation sites (N-methyl/N-ethyl adjacent to an activating group) is 1. The van der Waals surface area contributed by atoms with E-state index < -0.39 is 0 Å². The fourth-order valence-corrected chi connectivity index (χ4v) is 3.39. The SMILES string of the molecule is Cc1ccc2c(c1)[C@H]1CN(C)C[C@H]1CN2C. The second kappa shape index (κ2) is 3.49. The number of anilines is 1. The molecule has 0 bridgehead atoms. The van der Waals surface area contributed by atoms with Gasteiger partial charge >= 0.3 is 0 Å². The highest BCUT2D eigenvalue weighted by molar-refractivity contribution is 5.58. The molecular weight excluding hydrogens is 196 g/mol. The Labute approximate surface area is 97.9 Å². The van der Waals surface area contributed by atoms with Crippen molar-refractivity contribution < 1.29 is 0 Å². The largest absolute Gasteiger partial charge is 0.374 e. The van der Waals surface area contributed by atoms with Crippen molar-refractivity contribution in [3.8, 4) is 0 Å². The molecule has 16 heavy (non-hydrogen) atoms. The summed E-state index contributed by atoms with van der Waals surface area (Å²) in [5.41, 5.74) is 4.41. The van der Waals surface area contributed by atoms with Gasteiger partial charge in [-0.05, 0) is 31.5 Å². The molecule has 2 nitrogen and oxygen atoms in total. The van der Waals surface area contributed by atoms with Crippen molar-refractivity contribution in [3.05, 3.63) is 29.3 Å². The van der Waals surface area contributed by atoms with Gasteiger partial charge in [0.15, 0.2) is 0 Å². The van der Waals surface area contributed by atoms with Gasteiger partial charge in [-0.25, -0.2) is 0 Å². The molecule has 2 heteroatoms. The second-order valence-corrected chi connectivity index (χ2v) is 5.53. The van der Waals surface area contributed by atoms with Gasteiger partial charge in [-0.2, -0.15) is 0 Å². The number of aryl methyl sites for hydroxylation is 1. The van der Waals surface area contributed by atoms with Crippen LogP contribution in [0.15, 0.2) is 18.2 Å². The van der Waals surface area contributed by atoms with E-state index in [0.717, 1.165) is 11.8 Å². The minimum absolute atomic E-state index is 0.760. The van der Waals surface area contributed by atoms with Crippen molar-refractivity contribution >= 4 is 5.69 Å². The lowest BCUT2D eigenvalue weighted by Gasteiger charge is -2.35. The summed E-state index contributed by atoms with van der Waals surface area (Å²) in [5, 5.41) is 0. The van der Waals surface area contributed by atoms with Gasteiger partial charge in [-0.15, -0.1) is 0 Å². The highest BCUT2D eigenvalue weighted by Crippen LogP contribution is 2.42. The zero-order valence-corrected chi connectivity index (χ0v) is 10.4. The molecule has 1 fully saturated rings. The van der Waals surface area contributed by atoms with Crippen LogP contribution in [0.4, 0.5) is 5.69 Å². The van der Waals surface area contributed by atoms with Crippen LogP contribution < -0.4 is 4.90 Å². The normalized spacial score (nSPS) is 29.1. The molecule has 3 rings (SSSR count). The Kier molecular flexibility index (Phi) is 2.21. The first-order chi connectivity index (χ1) is 7.65. The van der Waals surface area contributed by atoms with Crippen LogP contribution in [0.1, 0.15) is 17.0 Å². The van der Waals surface area contributed by atoms with Crippen LogP contribution in [-0.4, -0.2) is 38.6 Å². The first kappa shape index (κ1) is 10.2. The van der Waals surface area contributed by atoms with Gasteiger partial charge in [-0.1, -0.05) is 17.7 Å². The lowest BCUT2D eigenvalue weighted by Crippen LogP contribution is -2.34. The van der Waals surface area contributed by atoms with E-state index in [1.807, 2.05) is 0 Å². The highest BCUT2D eigenvalue weighted by Gasteiger charge is 2.37. The molecule has 2 aliphatic heterocycles. The number of fused-ring (bicyclic) bond motifs is 3. The van der Waals surface area contributed by atoms with E-state index in [4.69, 9.17) is 0 Å². The highest BCUT2D eigenvalue weighted by atomic mass is 15.2. The zero-order valence-electron chi connectivity index (χ0n) is 10.4. The number of benzene rings is 1. The predicted molar refractivity (Wildman–Crippen MR) is 68.2 cm³/mol. The average molecular weight is 216 g/mol. The Morgan fingerprint density at radius 3 is 2.75 bits per heavy atom. The monoisotopic (exact) mass is 216 g/mol. The van der Waals surface area contributed by atoms with Crippen LogP contribution in [0.25, 0.3) is 0 Å². The van der Waals surface area contributed by atoms with Gasteiger partial charge in [0.25, 0.3) is 0 Å². The van der Waals surface area contributed by atoms with Gasteiger partial charge in [0.2, 0.25) is 0 Å². The number of hydrogen-bond donors (Lipinski definition) is 0. The number of likely N-dealkylation sites (tertiary alicyclic amines) is 1. The molecule has 1 saturated heterocycles. The molecule has 86 valence electrons. The third-order valence-electron chi connectivity index (χ3n) is 4.13. The fraction of sp³-hybridized carbons (Fsp3) is 0.571. The van der Waals surface area contributed by atoms with E-state index >= 15 is 0 Å². The lowest BCUT2D eigenvalue weighted by molar-refractivity contribution is 0.396. The first-order valence-electron chi connectivity index (χ1n) is 6.15. The van der Waals surface area contributed by atoms with Gasteiger partial charge in [0, 0.05) is 38.3 Å². The second-order valence-electron chi connectivity index (χ2n) is 5.53. The molecule has 1 aromatic rings. The molecule has 0 amide bonds. The first-order valence-corrected chi connectivity index (χ1v) is 6.15. The molecule has 0 saturated carbocycles. The number of hydrogen-bond acceptors (Lipinski definition) is 2. The van der Waals surface area contributed by atoms with Crippen LogP contribution in [0, 0.1) is 12.8 Å². The van der Waals surface area contributed by atoms with Gasteiger partial charge in [0.05, 0.1) is 0 Å². The van der Waals surface area contributed by atoms with Crippen LogP contribution in [0.3, 0.4) is 0 Å². The molecule has 2 atom stereocenters. The third-order valence-corrected chi connectivity index (χ3v) is 4.13. The van der Waals surface area contributed by atoms with Crippen LogP contribution in [0.5, 0.6) is 0 Å². The summed E-state index contributed by atoms with van der Waals surface area (Å²) >= 11 is 0. The van der Waals surface area contributed by atoms with Crippen molar-refractivity contribution in [1.29, 1.82) is 0 Å². The van der Waals surface area contributed by atoms with E-state index in [0.29, 0.717) is 0 Å². The standard InChI is InChI=1S/C14H20N2/c1-10-4-5-14-12(6-10)13-9-15(2)7-11(13)8-16(14)3/h4-6,11,13H,7-9H2,1-3H3/t11-,13-/m0/s1. The molecule has 2 aliphatic rings. The quantitative estimate of drug-likeness (QED) is 0.655. The van der Waals surface area contributed by atoms with Gasteiger partial charge < -0.3 is 9.80 Å². The molecule has 0 aromatic heterocycles. The summed E-state index contributed by atoms with van der Waals surface area (Å²) in [7, 11) is 4.47. The summed E-state index contributed by atoms with van der Waals surface area (Å²) in [4.78, 5) is 4.90. The minimum Gasteiger partial charge on any atom is -0.374 e. The topological polar surface area (TPSA) is 6.48 Å². The number of rotatable bonds is 0. The lowest BCUT2D eigenvalue weighted by atomic mass is 9.83. The summed E-state index contributed by atoms with van der Waals surface area (Å²) < 4.78 is 0. The number of nitrogens with zero attached hydrogens (tertiary/aromatic N) is 2. The molecule has 0 N–H and O–H groups in total. The predicted octanol–water partition coefficient (Wildman–Crippen LogP) is 2.09. The Balaban J connectivity index is 2.07. The van der Waals surface area contributed by atoms with E-state index in [2.05, 4.69) is 49.0 Å². The summed E-state index contributed by atoms with van der Waals surface area (Å²) in [6.45, 7) is 5.89. The smallest absolute Gasteiger partial charge is 0.0399 e. The van der Waals surface area contributed by atoms with Crippen molar-refractivity contribution in [2.24, 2.45) is 5.92 Å². The maximum atomic E-state index is 2.47. The Hall–Kier alpha value is -1.02. The minimum atomic E-state index is 0.760.